The highest BCUT2D eigenvalue weighted by Crippen LogP contribution is 2.63. The molecule has 11 rings (SSSR count). The Kier molecular flexibility index (Phi) is 6.07. The third-order valence-corrected chi connectivity index (χ3v) is 11.6. The van der Waals surface area contributed by atoms with Crippen LogP contribution in [-0.2, 0) is 5.41 Å². The van der Waals surface area contributed by atoms with Crippen LogP contribution in [0.4, 0.5) is 0 Å². The Morgan fingerprint density at radius 3 is 1.80 bits per heavy atom. The van der Waals surface area contributed by atoms with E-state index in [4.69, 9.17) is 19.4 Å². The van der Waals surface area contributed by atoms with Crippen LogP contribution < -0.4 is 0 Å². The van der Waals surface area contributed by atoms with Crippen molar-refractivity contribution in [3.63, 3.8) is 0 Å². The molecule has 0 radical (unpaired) electrons. The highest BCUT2D eigenvalue weighted by molar-refractivity contribution is 7.99. The summed E-state index contributed by atoms with van der Waals surface area (Å²) in [6.45, 7) is 0. The van der Waals surface area contributed by atoms with Gasteiger partial charge in [-0.2, -0.15) is 0 Å². The number of aromatic nitrogens is 3. The molecule has 2 aromatic heterocycles. The smallest absolute Gasteiger partial charge is 0.165 e. The lowest BCUT2D eigenvalue weighted by Crippen LogP contribution is -2.32. The molecule has 4 nitrogen and oxygen atoms in total. The number of furan rings is 1. The highest BCUT2D eigenvalue weighted by atomic mass is 32.2. The number of para-hydroxylation sites is 1. The molecule has 5 heteroatoms. The molecule has 0 unspecified atom stereocenters. The second-order valence-electron chi connectivity index (χ2n) is 13.1. The molecule has 51 heavy (non-hydrogen) atoms. The molecule has 0 amide bonds. The molecule has 238 valence electrons. The summed E-state index contributed by atoms with van der Waals surface area (Å²) in [6.07, 6.45) is 0. The van der Waals surface area contributed by atoms with Crippen LogP contribution in [0.25, 0.3) is 67.2 Å². The van der Waals surface area contributed by atoms with Gasteiger partial charge < -0.3 is 4.42 Å². The van der Waals surface area contributed by atoms with E-state index in [1.807, 2.05) is 36.4 Å². The summed E-state index contributed by atoms with van der Waals surface area (Å²) in [4.78, 5) is 17.9. The van der Waals surface area contributed by atoms with Crippen molar-refractivity contribution in [3.05, 3.63) is 186 Å². The Morgan fingerprint density at radius 2 is 1.00 bits per heavy atom. The molecule has 0 fully saturated rings. The number of fused-ring (bicyclic) bond motifs is 12. The lowest BCUT2D eigenvalue weighted by molar-refractivity contribution is 0.669. The largest absolute Gasteiger partial charge is 0.456 e. The van der Waals surface area contributed by atoms with Crippen molar-refractivity contribution in [2.24, 2.45) is 0 Å². The van der Waals surface area contributed by atoms with E-state index in [1.165, 1.54) is 38.3 Å². The Hall–Kier alpha value is -6.30. The van der Waals surface area contributed by atoms with Crippen LogP contribution in [-0.4, -0.2) is 15.0 Å². The average molecular weight is 670 g/mol. The zero-order valence-corrected chi connectivity index (χ0v) is 28.1. The van der Waals surface area contributed by atoms with Crippen LogP contribution >= 0.6 is 11.8 Å². The van der Waals surface area contributed by atoms with Gasteiger partial charge in [-0.3, -0.25) is 0 Å². The van der Waals surface area contributed by atoms with Crippen molar-refractivity contribution in [1.29, 1.82) is 0 Å². The van der Waals surface area contributed by atoms with Gasteiger partial charge in [0.1, 0.15) is 11.2 Å². The second kappa shape index (κ2) is 10.8. The molecule has 9 aromatic rings. The molecule has 2 aliphatic rings. The molecule has 7 aromatic carbocycles. The molecule has 1 spiro atoms. The normalized spacial score (nSPS) is 13.6. The predicted molar refractivity (Wildman–Crippen MR) is 205 cm³/mol. The van der Waals surface area contributed by atoms with Gasteiger partial charge in [-0.1, -0.05) is 151 Å². The van der Waals surface area contributed by atoms with E-state index in [-0.39, 0.29) is 0 Å². The summed E-state index contributed by atoms with van der Waals surface area (Å²) in [5.74, 6) is 1.87. The first-order valence-electron chi connectivity index (χ1n) is 17.1. The summed E-state index contributed by atoms with van der Waals surface area (Å²) in [7, 11) is 0. The maximum atomic E-state index is 6.29. The Bertz CT molecular complexity index is 2810. The first kappa shape index (κ1) is 28.5. The summed E-state index contributed by atoms with van der Waals surface area (Å²) >= 11 is 1.81. The second-order valence-corrected chi connectivity index (χ2v) is 14.2. The van der Waals surface area contributed by atoms with Crippen LogP contribution in [0.2, 0.25) is 0 Å². The topological polar surface area (TPSA) is 51.8 Å². The van der Waals surface area contributed by atoms with E-state index < -0.39 is 5.41 Å². The monoisotopic (exact) mass is 669 g/mol. The van der Waals surface area contributed by atoms with Crippen molar-refractivity contribution in [2.45, 2.75) is 15.2 Å². The van der Waals surface area contributed by atoms with Crippen molar-refractivity contribution in [1.82, 2.24) is 15.0 Å². The SMILES string of the molecule is c1ccc(-c2nc(-c3ccc4c(c3)oc3ccccc34)nc(-c3cccc4c3Sc3ccccc3C43c4ccccc4-c4ccccc43)n2)cc1. The van der Waals surface area contributed by atoms with E-state index >= 15 is 0 Å². The molecule has 0 N–H and O–H groups in total. The van der Waals surface area contributed by atoms with Gasteiger partial charge in [0.15, 0.2) is 17.5 Å². The van der Waals surface area contributed by atoms with E-state index in [1.54, 1.807) is 11.8 Å². The van der Waals surface area contributed by atoms with Gasteiger partial charge in [0, 0.05) is 37.3 Å². The lowest BCUT2D eigenvalue weighted by atomic mass is 9.67. The third kappa shape index (κ3) is 4.07. The Morgan fingerprint density at radius 1 is 0.412 bits per heavy atom. The fourth-order valence-corrected chi connectivity index (χ4v) is 9.56. The van der Waals surface area contributed by atoms with E-state index in [2.05, 4.69) is 127 Å². The lowest BCUT2D eigenvalue weighted by Gasteiger charge is -2.40. The summed E-state index contributed by atoms with van der Waals surface area (Å²) < 4.78 is 6.29. The van der Waals surface area contributed by atoms with Crippen LogP contribution in [0, 0.1) is 0 Å². The zero-order chi connectivity index (χ0) is 33.5. The Balaban J connectivity index is 1.17. The summed E-state index contributed by atoms with van der Waals surface area (Å²) in [5, 5.41) is 2.17. The number of rotatable bonds is 3. The van der Waals surface area contributed by atoms with Gasteiger partial charge >= 0.3 is 0 Å². The minimum atomic E-state index is -0.481. The van der Waals surface area contributed by atoms with Gasteiger partial charge in [0.05, 0.1) is 5.41 Å². The van der Waals surface area contributed by atoms with Gasteiger partial charge in [0.25, 0.3) is 0 Å². The molecule has 0 saturated heterocycles. The maximum Gasteiger partial charge on any atom is 0.165 e. The highest BCUT2D eigenvalue weighted by Gasteiger charge is 2.50. The van der Waals surface area contributed by atoms with Crippen LogP contribution in [0.3, 0.4) is 0 Å². The van der Waals surface area contributed by atoms with E-state index in [0.29, 0.717) is 17.5 Å². The standard InChI is InChI=1S/C46H27N3OS/c1-2-13-28(14-3-1)43-47-44(29-25-26-33-32-17-6-10-23-39(32)50-40(33)27-29)49-45(48-43)34-18-12-22-38-42(34)51-41-24-11-9-21-37(41)46(38)35-19-7-4-15-30(35)31-16-5-8-20-36(31)46/h1-27H. The molecule has 3 heterocycles. The molecule has 0 atom stereocenters. The number of hydrogen-bond acceptors (Lipinski definition) is 5. The molecule has 1 aliphatic carbocycles. The number of hydrogen-bond donors (Lipinski definition) is 0. The van der Waals surface area contributed by atoms with Gasteiger partial charge in [-0.15, -0.1) is 0 Å². The predicted octanol–water partition coefficient (Wildman–Crippen LogP) is 11.6. The fourth-order valence-electron chi connectivity index (χ4n) is 8.26. The average Bonchev–Trinajstić information content (AvgIpc) is 3.72. The van der Waals surface area contributed by atoms with Gasteiger partial charge in [-0.25, -0.2) is 15.0 Å². The molecule has 0 bridgehead atoms. The fraction of sp³-hybridized carbons (Fsp3) is 0.0217. The first-order chi connectivity index (χ1) is 25.3. The van der Waals surface area contributed by atoms with Crippen LogP contribution in [0.15, 0.2) is 178 Å². The van der Waals surface area contributed by atoms with Gasteiger partial charge in [0.2, 0.25) is 0 Å². The molecule has 0 saturated carbocycles. The van der Waals surface area contributed by atoms with Crippen LogP contribution in [0.5, 0.6) is 0 Å². The zero-order valence-electron chi connectivity index (χ0n) is 27.2. The quantitative estimate of drug-likeness (QED) is 0.187. The molecular weight excluding hydrogens is 643 g/mol. The van der Waals surface area contributed by atoms with E-state index in [9.17, 15) is 0 Å². The van der Waals surface area contributed by atoms with Crippen LogP contribution in [0.1, 0.15) is 22.3 Å². The van der Waals surface area contributed by atoms with Crippen molar-refractivity contribution in [2.75, 3.05) is 0 Å². The Labute approximate surface area is 298 Å². The summed E-state index contributed by atoms with van der Waals surface area (Å²) in [6, 6.07) is 57.8. The van der Waals surface area contributed by atoms with Crippen molar-refractivity contribution >= 4 is 33.7 Å². The van der Waals surface area contributed by atoms with E-state index in [0.717, 1.165) is 43.5 Å². The van der Waals surface area contributed by atoms with Gasteiger partial charge in [-0.05, 0) is 57.6 Å². The summed E-state index contributed by atoms with van der Waals surface area (Å²) in [5.41, 5.74) is 11.7. The number of nitrogens with zero attached hydrogens (tertiary/aromatic N) is 3. The molecular formula is C46H27N3OS. The first-order valence-corrected chi connectivity index (χ1v) is 17.9. The third-order valence-electron chi connectivity index (χ3n) is 10.4. The van der Waals surface area contributed by atoms with Crippen molar-refractivity contribution < 1.29 is 4.42 Å². The minimum Gasteiger partial charge on any atom is -0.456 e. The maximum absolute atomic E-state index is 6.29. The van der Waals surface area contributed by atoms with Crippen molar-refractivity contribution in [3.8, 4) is 45.3 Å². The molecule has 1 aliphatic heterocycles. The number of benzene rings is 7. The minimum absolute atomic E-state index is 0.481.